The molecule has 1 amide bonds. The van der Waals surface area contributed by atoms with Crippen LogP contribution >= 0.6 is 0 Å². The molecule has 1 aromatic rings. The third kappa shape index (κ3) is 3.51. The normalized spacial score (nSPS) is 16.1. The quantitative estimate of drug-likeness (QED) is 0.816. The summed E-state index contributed by atoms with van der Waals surface area (Å²) in [7, 11) is 0. The van der Waals surface area contributed by atoms with Gasteiger partial charge in [-0.2, -0.15) is 4.39 Å². The van der Waals surface area contributed by atoms with E-state index in [9.17, 15) is 9.18 Å². The summed E-state index contributed by atoms with van der Waals surface area (Å²) >= 11 is 0. The van der Waals surface area contributed by atoms with Gasteiger partial charge >= 0.3 is 0 Å². The lowest BCUT2D eigenvalue weighted by atomic mass is 10.0. The number of pyridine rings is 1. The molecule has 0 radical (unpaired) electrons. The van der Waals surface area contributed by atoms with Crippen molar-refractivity contribution in [1.82, 2.24) is 10.3 Å². The lowest BCUT2D eigenvalue weighted by Crippen LogP contribution is -2.25. The topological polar surface area (TPSA) is 42.0 Å². The smallest absolute Gasteiger partial charge is 0.252 e. The molecule has 1 aliphatic carbocycles. The number of amides is 1. The maximum Gasteiger partial charge on any atom is 0.252 e. The van der Waals surface area contributed by atoms with Gasteiger partial charge in [0, 0.05) is 12.7 Å². The van der Waals surface area contributed by atoms with Crippen molar-refractivity contribution in [1.29, 1.82) is 0 Å². The summed E-state index contributed by atoms with van der Waals surface area (Å²) in [6, 6.07) is 2.65. The van der Waals surface area contributed by atoms with Crippen molar-refractivity contribution in [3.05, 3.63) is 29.8 Å². The van der Waals surface area contributed by atoms with E-state index < -0.39 is 5.95 Å². The van der Waals surface area contributed by atoms with Crippen molar-refractivity contribution < 1.29 is 9.18 Å². The SMILES string of the molecule is O=C(NCCC1CCCC1)c1ccc(F)nc1. The molecule has 0 unspecified atom stereocenters. The van der Waals surface area contributed by atoms with Gasteiger partial charge in [0.1, 0.15) is 0 Å². The molecule has 0 spiro atoms. The molecular weight excluding hydrogens is 219 g/mol. The van der Waals surface area contributed by atoms with Gasteiger partial charge in [0.25, 0.3) is 5.91 Å². The molecule has 1 aromatic heterocycles. The highest BCUT2D eigenvalue weighted by molar-refractivity contribution is 5.93. The number of hydrogen-bond donors (Lipinski definition) is 1. The Labute approximate surface area is 100 Å². The number of hydrogen-bond acceptors (Lipinski definition) is 2. The second-order valence-electron chi connectivity index (χ2n) is 4.56. The summed E-state index contributed by atoms with van der Waals surface area (Å²) in [4.78, 5) is 15.1. The number of carbonyl (C=O) groups is 1. The van der Waals surface area contributed by atoms with Gasteiger partial charge < -0.3 is 5.32 Å². The lowest BCUT2D eigenvalue weighted by Gasteiger charge is -2.09. The number of halogens is 1. The molecule has 0 atom stereocenters. The summed E-state index contributed by atoms with van der Waals surface area (Å²) in [5, 5.41) is 2.84. The third-order valence-corrected chi connectivity index (χ3v) is 3.30. The van der Waals surface area contributed by atoms with Crippen LogP contribution in [0.1, 0.15) is 42.5 Å². The first-order chi connectivity index (χ1) is 8.25. The van der Waals surface area contributed by atoms with Gasteiger partial charge in [-0.05, 0) is 24.5 Å². The maximum absolute atomic E-state index is 12.6. The molecule has 0 aromatic carbocycles. The minimum atomic E-state index is -0.562. The maximum atomic E-state index is 12.6. The average Bonchev–Trinajstić information content (AvgIpc) is 2.83. The molecule has 1 aliphatic rings. The summed E-state index contributed by atoms with van der Waals surface area (Å²) in [6.07, 6.45) is 7.52. The summed E-state index contributed by atoms with van der Waals surface area (Å²) in [5.74, 6) is 0.0321. The van der Waals surface area contributed by atoms with E-state index in [-0.39, 0.29) is 5.91 Å². The zero-order valence-corrected chi connectivity index (χ0v) is 9.79. The van der Waals surface area contributed by atoms with Crippen LogP contribution in [0.4, 0.5) is 4.39 Å². The number of nitrogens with one attached hydrogen (secondary N) is 1. The lowest BCUT2D eigenvalue weighted by molar-refractivity contribution is 0.0951. The van der Waals surface area contributed by atoms with Crippen LogP contribution in [-0.2, 0) is 0 Å². The van der Waals surface area contributed by atoms with Crippen molar-refractivity contribution in [3.8, 4) is 0 Å². The standard InChI is InChI=1S/C13H17FN2O/c14-12-6-5-11(9-16-12)13(17)15-8-7-10-3-1-2-4-10/h5-6,9-10H,1-4,7-8H2,(H,15,17). The van der Waals surface area contributed by atoms with Crippen LogP contribution in [0.5, 0.6) is 0 Å². The zero-order chi connectivity index (χ0) is 12.1. The number of aromatic nitrogens is 1. The summed E-state index contributed by atoms with van der Waals surface area (Å²) < 4.78 is 12.6. The molecule has 17 heavy (non-hydrogen) atoms. The number of rotatable bonds is 4. The summed E-state index contributed by atoms with van der Waals surface area (Å²) in [5.41, 5.74) is 0.415. The van der Waals surface area contributed by atoms with Crippen LogP contribution in [0, 0.1) is 11.9 Å². The van der Waals surface area contributed by atoms with Crippen LogP contribution < -0.4 is 5.32 Å². The van der Waals surface area contributed by atoms with Crippen LogP contribution in [0.2, 0.25) is 0 Å². The molecule has 0 bridgehead atoms. The molecule has 3 nitrogen and oxygen atoms in total. The van der Waals surface area contributed by atoms with Crippen molar-refractivity contribution in [3.63, 3.8) is 0 Å². The molecule has 1 N–H and O–H groups in total. The van der Waals surface area contributed by atoms with Crippen molar-refractivity contribution in [2.24, 2.45) is 5.92 Å². The van der Waals surface area contributed by atoms with E-state index in [1.165, 1.54) is 44.0 Å². The Morgan fingerprint density at radius 3 is 2.82 bits per heavy atom. The molecule has 1 fully saturated rings. The minimum absolute atomic E-state index is 0.171. The van der Waals surface area contributed by atoms with Crippen LogP contribution in [0.3, 0.4) is 0 Å². The number of nitrogens with zero attached hydrogens (tertiary/aromatic N) is 1. The van der Waals surface area contributed by atoms with Crippen molar-refractivity contribution in [2.45, 2.75) is 32.1 Å². The predicted octanol–water partition coefficient (Wildman–Crippen LogP) is 2.53. The highest BCUT2D eigenvalue weighted by Gasteiger charge is 2.15. The Morgan fingerprint density at radius 1 is 1.41 bits per heavy atom. The fourth-order valence-electron chi connectivity index (χ4n) is 2.30. The Balaban J connectivity index is 1.75. The van der Waals surface area contributed by atoms with Gasteiger partial charge in [0.2, 0.25) is 5.95 Å². The average molecular weight is 236 g/mol. The van der Waals surface area contributed by atoms with E-state index in [2.05, 4.69) is 10.3 Å². The van der Waals surface area contributed by atoms with Gasteiger partial charge in [0.05, 0.1) is 5.56 Å². The molecule has 0 aliphatic heterocycles. The second-order valence-corrected chi connectivity index (χ2v) is 4.56. The molecule has 1 saturated carbocycles. The van der Waals surface area contributed by atoms with Gasteiger partial charge in [0.15, 0.2) is 0 Å². The predicted molar refractivity (Wildman–Crippen MR) is 63.1 cm³/mol. The van der Waals surface area contributed by atoms with Gasteiger partial charge in [-0.1, -0.05) is 25.7 Å². The van der Waals surface area contributed by atoms with E-state index in [1.807, 2.05) is 0 Å². The first kappa shape index (κ1) is 12.0. The van der Waals surface area contributed by atoms with Gasteiger partial charge in [-0.25, -0.2) is 4.98 Å². The monoisotopic (exact) mass is 236 g/mol. The van der Waals surface area contributed by atoms with E-state index in [0.29, 0.717) is 12.1 Å². The Bertz CT molecular complexity index is 372. The molecule has 1 heterocycles. The highest BCUT2D eigenvalue weighted by atomic mass is 19.1. The Hall–Kier alpha value is -1.45. The van der Waals surface area contributed by atoms with Gasteiger partial charge in [-0.3, -0.25) is 4.79 Å². The van der Waals surface area contributed by atoms with Crippen molar-refractivity contribution >= 4 is 5.91 Å². The second kappa shape index (κ2) is 5.75. The van der Waals surface area contributed by atoms with E-state index in [4.69, 9.17) is 0 Å². The first-order valence-corrected chi connectivity index (χ1v) is 6.15. The Kier molecular flexibility index (Phi) is 4.07. The molecular formula is C13H17FN2O. The van der Waals surface area contributed by atoms with Crippen LogP contribution in [0.15, 0.2) is 18.3 Å². The molecule has 92 valence electrons. The minimum Gasteiger partial charge on any atom is -0.352 e. The van der Waals surface area contributed by atoms with Crippen LogP contribution in [0.25, 0.3) is 0 Å². The molecule has 4 heteroatoms. The molecule has 2 rings (SSSR count). The number of carbonyl (C=O) groups excluding carboxylic acids is 1. The first-order valence-electron chi connectivity index (χ1n) is 6.15. The third-order valence-electron chi connectivity index (χ3n) is 3.30. The summed E-state index contributed by atoms with van der Waals surface area (Å²) in [6.45, 7) is 0.695. The van der Waals surface area contributed by atoms with Crippen molar-refractivity contribution in [2.75, 3.05) is 6.54 Å². The van der Waals surface area contributed by atoms with Gasteiger partial charge in [-0.15, -0.1) is 0 Å². The fraction of sp³-hybridized carbons (Fsp3) is 0.538. The highest BCUT2D eigenvalue weighted by Crippen LogP contribution is 2.26. The fourth-order valence-corrected chi connectivity index (χ4v) is 2.30. The largest absolute Gasteiger partial charge is 0.352 e. The molecule has 0 saturated heterocycles. The zero-order valence-electron chi connectivity index (χ0n) is 9.79. The van der Waals surface area contributed by atoms with E-state index >= 15 is 0 Å². The van der Waals surface area contributed by atoms with E-state index in [1.54, 1.807) is 0 Å². The Morgan fingerprint density at radius 2 is 2.18 bits per heavy atom. The van der Waals surface area contributed by atoms with Crippen LogP contribution in [-0.4, -0.2) is 17.4 Å². The van der Waals surface area contributed by atoms with E-state index in [0.717, 1.165) is 12.3 Å².